The molecule has 7 heteroatoms. The molecule has 3 aromatic carbocycles. The summed E-state index contributed by atoms with van der Waals surface area (Å²) < 4.78 is 5.39. The van der Waals surface area contributed by atoms with E-state index in [0.29, 0.717) is 28.4 Å². The predicted molar refractivity (Wildman–Crippen MR) is 111 cm³/mol. The standard InChI is InChI=1S/C22H18N4O3/c23-14-16-6-12-20(13-7-16)29-15-21(27)24-18-8-10-19(11-9-18)26-22(28)25-17-4-2-1-3-5-17/h1-13H,15H2,(H,24,27)(H2,25,26,28). The van der Waals surface area contributed by atoms with Crippen LogP contribution in [0.25, 0.3) is 0 Å². The summed E-state index contributed by atoms with van der Waals surface area (Å²) in [5, 5.41) is 16.9. The maximum Gasteiger partial charge on any atom is 0.323 e. The molecular formula is C22H18N4O3. The van der Waals surface area contributed by atoms with Crippen molar-refractivity contribution >= 4 is 29.0 Å². The van der Waals surface area contributed by atoms with Crippen LogP contribution in [0.15, 0.2) is 78.9 Å². The summed E-state index contributed by atoms with van der Waals surface area (Å²) >= 11 is 0. The van der Waals surface area contributed by atoms with Gasteiger partial charge in [0.1, 0.15) is 5.75 Å². The molecule has 3 rings (SSSR count). The van der Waals surface area contributed by atoms with Crippen LogP contribution in [0.3, 0.4) is 0 Å². The highest BCUT2D eigenvalue weighted by Crippen LogP contribution is 2.15. The highest BCUT2D eigenvalue weighted by molar-refractivity contribution is 6.00. The van der Waals surface area contributed by atoms with E-state index in [0.717, 1.165) is 0 Å². The van der Waals surface area contributed by atoms with Gasteiger partial charge in [-0.1, -0.05) is 18.2 Å². The number of hydrogen-bond acceptors (Lipinski definition) is 4. The maximum absolute atomic E-state index is 12.0. The van der Waals surface area contributed by atoms with Crippen molar-refractivity contribution in [3.05, 3.63) is 84.4 Å². The van der Waals surface area contributed by atoms with Gasteiger partial charge in [-0.3, -0.25) is 4.79 Å². The van der Waals surface area contributed by atoms with Gasteiger partial charge in [-0.25, -0.2) is 4.79 Å². The van der Waals surface area contributed by atoms with E-state index in [1.54, 1.807) is 60.7 Å². The molecule has 3 N–H and O–H groups in total. The smallest absolute Gasteiger partial charge is 0.323 e. The lowest BCUT2D eigenvalue weighted by atomic mass is 10.2. The Bertz CT molecular complexity index is 1010. The lowest BCUT2D eigenvalue weighted by molar-refractivity contribution is -0.118. The topological polar surface area (TPSA) is 103 Å². The number of benzene rings is 3. The summed E-state index contributed by atoms with van der Waals surface area (Å²) in [6, 6.07) is 24.0. The van der Waals surface area contributed by atoms with Crippen LogP contribution in [0.1, 0.15) is 5.56 Å². The van der Waals surface area contributed by atoms with Crippen molar-refractivity contribution in [1.29, 1.82) is 5.26 Å². The molecule has 0 aromatic heterocycles. The van der Waals surface area contributed by atoms with Crippen molar-refractivity contribution in [2.24, 2.45) is 0 Å². The molecular weight excluding hydrogens is 368 g/mol. The normalized spacial score (nSPS) is 9.76. The number of carbonyl (C=O) groups excluding carboxylic acids is 2. The fourth-order valence-corrected chi connectivity index (χ4v) is 2.42. The number of rotatable bonds is 6. The summed E-state index contributed by atoms with van der Waals surface area (Å²) in [6.07, 6.45) is 0. The number of urea groups is 1. The molecule has 0 bridgehead atoms. The van der Waals surface area contributed by atoms with Gasteiger partial charge in [0.05, 0.1) is 11.6 Å². The summed E-state index contributed by atoms with van der Waals surface area (Å²) in [5.74, 6) is 0.181. The minimum absolute atomic E-state index is 0.161. The minimum atomic E-state index is -0.358. The van der Waals surface area contributed by atoms with Crippen LogP contribution in [0, 0.1) is 11.3 Å². The van der Waals surface area contributed by atoms with Crippen molar-refractivity contribution < 1.29 is 14.3 Å². The molecule has 0 fully saturated rings. The SMILES string of the molecule is N#Cc1ccc(OCC(=O)Nc2ccc(NC(=O)Nc3ccccc3)cc2)cc1. The van der Waals surface area contributed by atoms with Gasteiger partial charge >= 0.3 is 6.03 Å². The van der Waals surface area contributed by atoms with Crippen LogP contribution in [-0.2, 0) is 4.79 Å². The van der Waals surface area contributed by atoms with Crippen LogP contribution >= 0.6 is 0 Å². The fraction of sp³-hybridized carbons (Fsp3) is 0.0455. The number of amides is 3. The molecule has 7 nitrogen and oxygen atoms in total. The van der Waals surface area contributed by atoms with Gasteiger partial charge in [-0.15, -0.1) is 0 Å². The Kier molecular flexibility index (Phi) is 6.42. The van der Waals surface area contributed by atoms with E-state index >= 15 is 0 Å². The van der Waals surface area contributed by atoms with Gasteiger partial charge < -0.3 is 20.7 Å². The number of anilines is 3. The molecule has 29 heavy (non-hydrogen) atoms. The van der Waals surface area contributed by atoms with E-state index in [4.69, 9.17) is 10.00 Å². The van der Waals surface area contributed by atoms with Crippen LogP contribution in [0.5, 0.6) is 5.75 Å². The van der Waals surface area contributed by atoms with E-state index in [9.17, 15) is 9.59 Å². The number of nitriles is 1. The number of hydrogen-bond donors (Lipinski definition) is 3. The van der Waals surface area contributed by atoms with Crippen molar-refractivity contribution in [3.8, 4) is 11.8 Å². The molecule has 3 aromatic rings. The predicted octanol–water partition coefficient (Wildman–Crippen LogP) is 4.22. The van der Waals surface area contributed by atoms with E-state index in [2.05, 4.69) is 16.0 Å². The van der Waals surface area contributed by atoms with Gasteiger partial charge in [0, 0.05) is 17.1 Å². The largest absolute Gasteiger partial charge is 0.484 e. The maximum atomic E-state index is 12.0. The van der Waals surface area contributed by atoms with Gasteiger partial charge in [-0.2, -0.15) is 5.26 Å². The first-order valence-electron chi connectivity index (χ1n) is 8.78. The van der Waals surface area contributed by atoms with Crippen LogP contribution < -0.4 is 20.7 Å². The molecule has 0 radical (unpaired) electrons. The molecule has 0 aliphatic heterocycles. The Balaban J connectivity index is 1.46. The van der Waals surface area contributed by atoms with E-state index in [1.165, 1.54) is 0 Å². The second-order valence-electron chi connectivity index (χ2n) is 6.00. The molecule has 0 saturated carbocycles. The first-order valence-corrected chi connectivity index (χ1v) is 8.78. The van der Waals surface area contributed by atoms with Gasteiger partial charge in [0.25, 0.3) is 5.91 Å². The lowest BCUT2D eigenvalue weighted by Crippen LogP contribution is -2.20. The summed E-state index contributed by atoms with van der Waals surface area (Å²) in [5.41, 5.74) is 2.38. The van der Waals surface area contributed by atoms with E-state index < -0.39 is 0 Å². The number of para-hydroxylation sites is 1. The second kappa shape index (κ2) is 9.58. The first kappa shape index (κ1) is 19.5. The van der Waals surface area contributed by atoms with Crippen molar-refractivity contribution in [2.75, 3.05) is 22.6 Å². The summed E-state index contributed by atoms with van der Waals surface area (Å²) in [6.45, 7) is -0.161. The highest BCUT2D eigenvalue weighted by Gasteiger charge is 2.06. The number of carbonyl (C=O) groups is 2. The average molecular weight is 386 g/mol. The lowest BCUT2D eigenvalue weighted by Gasteiger charge is -2.10. The van der Waals surface area contributed by atoms with Crippen LogP contribution in [0.2, 0.25) is 0 Å². The Labute approximate surface area is 167 Å². The Hall–Kier alpha value is -4.31. The molecule has 0 atom stereocenters. The Morgan fingerprint density at radius 3 is 1.90 bits per heavy atom. The molecule has 0 spiro atoms. The van der Waals surface area contributed by atoms with E-state index in [-0.39, 0.29) is 18.5 Å². The molecule has 0 aliphatic rings. The molecule has 0 heterocycles. The van der Waals surface area contributed by atoms with Crippen molar-refractivity contribution in [2.45, 2.75) is 0 Å². The minimum Gasteiger partial charge on any atom is -0.484 e. The Morgan fingerprint density at radius 1 is 0.759 bits per heavy atom. The zero-order valence-electron chi connectivity index (χ0n) is 15.4. The third-order valence-electron chi connectivity index (χ3n) is 3.81. The highest BCUT2D eigenvalue weighted by atomic mass is 16.5. The number of nitrogens with one attached hydrogen (secondary N) is 3. The molecule has 0 unspecified atom stereocenters. The summed E-state index contributed by atoms with van der Waals surface area (Å²) in [7, 11) is 0. The number of nitrogens with zero attached hydrogens (tertiary/aromatic N) is 1. The van der Waals surface area contributed by atoms with Crippen molar-refractivity contribution in [1.82, 2.24) is 0 Å². The monoisotopic (exact) mass is 386 g/mol. The quantitative estimate of drug-likeness (QED) is 0.590. The zero-order chi connectivity index (χ0) is 20.5. The van der Waals surface area contributed by atoms with Crippen LogP contribution in [0.4, 0.5) is 21.9 Å². The second-order valence-corrected chi connectivity index (χ2v) is 6.00. The third kappa shape index (κ3) is 6.12. The van der Waals surface area contributed by atoms with Crippen LogP contribution in [-0.4, -0.2) is 18.5 Å². The van der Waals surface area contributed by atoms with Gasteiger partial charge in [0.15, 0.2) is 6.61 Å². The molecule has 0 saturated heterocycles. The molecule has 3 amide bonds. The van der Waals surface area contributed by atoms with Crippen molar-refractivity contribution in [3.63, 3.8) is 0 Å². The zero-order valence-corrected chi connectivity index (χ0v) is 15.4. The Morgan fingerprint density at radius 2 is 1.31 bits per heavy atom. The molecule has 144 valence electrons. The number of ether oxygens (including phenoxy) is 1. The van der Waals surface area contributed by atoms with Gasteiger partial charge in [0.2, 0.25) is 0 Å². The first-order chi connectivity index (χ1) is 14.1. The fourth-order valence-electron chi connectivity index (χ4n) is 2.42. The summed E-state index contributed by atoms with van der Waals surface area (Å²) in [4.78, 5) is 24.0. The average Bonchev–Trinajstić information content (AvgIpc) is 2.75. The third-order valence-corrected chi connectivity index (χ3v) is 3.81. The van der Waals surface area contributed by atoms with Gasteiger partial charge in [-0.05, 0) is 60.7 Å². The van der Waals surface area contributed by atoms with E-state index in [1.807, 2.05) is 24.3 Å². The molecule has 0 aliphatic carbocycles.